The summed E-state index contributed by atoms with van der Waals surface area (Å²) in [6.45, 7) is 3.11. The lowest BCUT2D eigenvalue weighted by Crippen LogP contribution is -2.25. The number of oxazole rings is 1. The van der Waals surface area contributed by atoms with Crippen LogP contribution < -0.4 is 4.72 Å². The van der Waals surface area contributed by atoms with Crippen LogP contribution in [0, 0.1) is 13.8 Å². The third kappa shape index (κ3) is 2.89. The van der Waals surface area contributed by atoms with Crippen LogP contribution >= 0.6 is 11.3 Å². The molecule has 0 spiro atoms. The Labute approximate surface area is 119 Å². The molecule has 0 aliphatic carbocycles. The fourth-order valence-electron chi connectivity index (χ4n) is 1.63. The number of carboxylic acids is 1. The maximum Gasteiger partial charge on any atom is 0.347 e. The number of carbonyl (C=O) groups is 1. The van der Waals surface area contributed by atoms with Crippen LogP contribution in [0.3, 0.4) is 0 Å². The molecule has 20 heavy (non-hydrogen) atoms. The van der Waals surface area contributed by atoms with E-state index in [0.29, 0.717) is 11.3 Å². The van der Waals surface area contributed by atoms with E-state index in [9.17, 15) is 13.2 Å². The zero-order valence-corrected chi connectivity index (χ0v) is 12.3. The lowest BCUT2D eigenvalue weighted by atomic mass is 10.3. The highest BCUT2D eigenvalue weighted by molar-refractivity contribution is 7.89. The van der Waals surface area contributed by atoms with E-state index in [1.54, 1.807) is 13.8 Å². The molecule has 2 aromatic rings. The van der Waals surface area contributed by atoms with Gasteiger partial charge in [0.1, 0.15) is 15.5 Å². The van der Waals surface area contributed by atoms with Gasteiger partial charge in [0.15, 0.2) is 0 Å². The molecule has 0 saturated heterocycles. The van der Waals surface area contributed by atoms with Gasteiger partial charge in [-0.05, 0) is 24.8 Å². The quantitative estimate of drug-likeness (QED) is 0.865. The summed E-state index contributed by atoms with van der Waals surface area (Å²) in [5.41, 5.74) is 0.392. The summed E-state index contributed by atoms with van der Waals surface area (Å²) in [7, 11) is -3.93. The van der Waals surface area contributed by atoms with Crippen LogP contribution in [0.4, 0.5) is 0 Å². The molecule has 2 aromatic heterocycles. The highest BCUT2D eigenvalue weighted by atomic mass is 32.2. The third-order valence-electron chi connectivity index (χ3n) is 2.46. The Hall–Kier alpha value is -1.71. The number of hydrogen-bond donors (Lipinski definition) is 2. The first-order chi connectivity index (χ1) is 9.31. The Bertz CT molecular complexity index is 745. The average molecular weight is 316 g/mol. The van der Waals surface area contributed by atoms with Gasteiger partial charge in [-0.2, -0.15) is 0 Å². The summed E-state index contributed by atoms with van der Waals surface area (Å²) >= 11 is 0.879. The molecular formula is C11H12N2O5S2. The molecule has 2 N–H and O–H groups in total. The minimum absolute atomic E-state index is 0.134. The van der Waals surface area contributed by atoms with Crippen LogP contribution in [-0.4, -0.2) is 24.5 Å². The molecule has 2 heterocycles. The van der Waals surface area contributed by atoms with Gasteiger partial charge in [-0.15, -0.1) is 11.3 Å². The first-order valence-electron chi connectivity index (χ1n) is 5.53. The van der Waals surface area contributed by atoms with Gasteiger partial charge in [-0.3, -0.25) is 0 Å². The van der Waals surface area contributed by atoms with Gasteiger partial charge in [0.2, 0.25) is 15.9 Å². The van der Waals surface area contributed by atoms with Crippen molar-refractivity contribution in [1.82, 2.24) is 9.71 Å². The lowest BCUT2D eigenvalue weighted by molar-refractivity contribution is 0.0698. The van der Waals surface area contributed by atoms with Gasteiger partial charge in [0.05, 0.1) is 12.7 Å². The standard InChI is InChI=1S/C11H12N2O5S2/c1-6-5-19-9(11(14)15)10(6)20(16,17)13-4-8-12-3-7(2)18-8/h3,5,13H,4H2,1-2H3,(H,14,15). The molecule has 7 nitrogen and oxygen atoms in total. The third-order valence-corrected chi connectivity index (χ3v) is 5.27. The van der Waals surface area contributed by atoms with Gasteiger partial charge < -0.3 is 9.52 Å². The highest BCUT2D eigenvalue weighted by Crippen LogP contribution is 2.26. The molecule has 0 fully saturated rings. The Morgan fingerprint density at radius 2 is 2.20 bits per heavy atom. The summed E-state index contributed by atoms with van der Waals surface area (Å²) in [5, 5.41) is 10.5. The summed E-state index contributed by atoms with van der Waals surface area (Å²) in [6.07, 6.45) is 1.47. The molecule has 0 radical (unpaired) electrons. The fourth-order valence-corrected chi connectivity index (χ4v) is 4.23. The number of thiophene rings is 1. The zero-order chi connectivity index (χ0) is 14.9. The topological polar surface area (TPSA) is 110 Å². The second kappa shape index (κ2) is 5.35. The first kappa shape index (κ1) is 14.7. The molecule has 2 rings (SSSR count). The maximum atomic E-state index is 12.2. The van der Waals surface area contributed by atoms with E-state index in [-0.39, 0.29) is 22.2 Å². The highest BCUT2D eigenvalue weighted by Gasteiger charge is 2.26. The van der Waals surface area contributed by atoms with Crippen molar-refractivity contribution in [2.45, 2.75) is 25.3 Å². The van der Waals surface area contributed by atoms with Crippen LogP contribution in [0.5, 0.6) is 0 Å². The van der Waals surface area contributed by atoms with Crippen LogP contribution in [0.15, 0.2) is 20.9 Å². The van der Waals surface area contributed by atoms with Gasteiger partial charge >= 0.3 is 5.97 Å². The van der Waals surface area contributed by atoms with Crippen LogP contribution in [0.2, 0.25) is 0 Å². The number of rotatable bonds is 5. The number of nitrogens with zero attached hydrogens (tertiary/aromatic N) is 1. The number of aromatic carboxylic acids is 1. The number of carboxylic acid groups (broad SMARTS) is 1. The zero-order valence-electron chi connectivity index (χ0n) is 10.7. The summed E-state index contributed by atoms with van der Waals surface area (Å²) < 4.78 is 31.8. The van der Waals surface area contributed by atoms with E-state index in [4.69, 9.17) is 9.52 Å². The van der Waals surface area contributed by atoms with E-state index >= 15 is 0 Å². The van der Waals surface area contributed by atoms with Crippen molar-refractivity contribution in [3.63, 3.8) is 0 Å². The van der Waals surface area contributed by atoms with Crippen molar-refractivity contribution < 1.29 is 22.7 Å². The van der Waals surface area contributed by atoms with E-state index in [1.165, 1.54) is 11.6 Å². The monoisotopic (exact) mass is 316 g/mol. The fraction of sp³-hybridized carbons (Fsp3) is 0.273. The molecule has 0 saturated carbocycles. The number of hydrogen-bond acceptors (Lipinski definition) is 6. The van der Waals surface area contributed by atoms with Crippen LogP contribution in [-0.2, 0) is 16.6 Å². The van der Waals surface area contributed by atoms with Crippen LogP contribution in [0.1, 0.15) is 26.9 Å². The predicted molar refractivity (Wildman–Crippen MR) is 71.3 cm³/mol. The van der Waals surface area contributed by atoms with E-state index in [2.05, 4.69) is 9.71 Å². The van der Waals surface area contributed by atoms with Gasteiger partial charge in [-0.1, -0.05) is 0 Å². The second-order valence-corrected chi connectivity index (χ2v) is 6.65. The summed E-state index contributed by atoms with van der Waals surface area (Å²) in [6, 6.07) is 0. The molecular weight excluding hydrogens is 304 g/mol. The van der Waals surface area contributed by atoms with Crippen molar-refractivity contribution in [2.75, 3.05) is 0 Å². The summed E-state index contributed by atoms with van der Waals surface area (Å²) in [5.74, 6) is -0.483. The number of sulfonamides is 1. The Morgan fingerprint density at radius 3 is 2.75 bits per heavy atom. The smallest absolute Gasteiger partial charge is 0.347 e. The van der Waals surface area contributed by atoms with Crippen molar-refractivity contribution in [2.24, 2.45) is 0 Å². The number of aryl methyl sites for hydroxylation is 2. The lowest BCUT2D eigenvalue weighted by Gasteiger charge is -2.05. The van der Waals surface area contributed by atoms with Crippen molar-refractivity contribution >= 4 is 27.3 Å². The van der Waals surface area contributed by atoms with Gasteiger partial charge in [-0.25, -0.2) is 22.9 Å². The largest absolute Gasteiger partial charge is 0.477 e. The van der Waals surface area contributed by atoms with Crippen LogP contribution in [0.25, 0.3) is 0 Å². The van der Waals surface area contributed by atoms with E-state index in [1.807, 2.05) is 0 Å². The van der Waals surface area contributed by atoms with Gasteiger partial charge in [0.25, 0.3) is 0 Å². The van der Waals surface area contributed by atoms with Gasteiger partial charge in [0, 0.05) is 0 Å². The van der Waals surface area contributed by atoms with E-state index in [0.717, 1.165) is 11.3 Å². The molecule has 0 amide bonds. The molecule has 0 bridgehead atoms. The molecule has 108 valence electrons. The Balaban J connectivity index is 2.27. The normalized spacial score (nSPS) is 11.7. The number of aromatic nitrogens is 1. The second-order valence-electron chi connectivity index (χ2n) is 4.07. The minimum Gasteiger partial charge on any atom is -0.477 e. The molecule has 0 aliphatic rings. The van der Waals surface area contributed by atoms with E-state index < -0.39 is 16.0 Å². The summed E-state index contributed by atoms with van der Waals surface area (Å²) in [4.78, 5) is 14.5. The Morgan fingerprint density at radius 1 is 1.50 bits per heavy atom. The predicted octanol–water partition coefficient (Wildman–Crippen LogP) is 1.53. The molecule has 0 unspecified atom stereocenters. The molecule has 0 aliphatic heterocycles. The van der Waals surface area contributed by atoms with Crippen molar-refractivity contribution in [3.8, 4) is 0 Å². The SMILES string of the molecule is Cc1cnc(CNS(=O)(=O)c2c(C)csc2C(=O)O)o1. The minimum atomic E-state index is -3.93. The number of nitrogens with one attached hydrogen (secondary N) is 1. The molecule has 0 atom stereocenters. The van der Waals surface area contributed by atoms with Crippen molar-refractivity contribution in [1.29, 1.82) is 0 Å². The molecule has 0 aromatic carbocycles. The molecule has 9 heteroatoms. The van der Waals surface area contributed by atoms with Crippen molar-refractivity contribution in [3.05, 3.63) is 33.7 Å². The first-order valence-corrected chi connectivity index (χ1v) is 7.90. The maximum absolute atomic E-state index is 12.2. The Kier molecular flexibility index (Phi) is 3.93. The average Bonchev–Trinajstić information content (AvgIpc) is 2.93.